The van der Waals surface area contributed by atoms with Gasteiger partial charge in [-0.15, -0.1) is 0 Å². The van der Waals surface area contributed by atoms with E-state index < -0.39 is 0 Å². The number of rotatable bonds is 6. The number of nitrogens with zero attached hydrogens (tertiary/aromatic N) is 2. The third-order valence-electron chi connectivity index (χ3n) is 2.26. The molecule has 17 heavy (non-hydrogen) atoms. The smallest absolute Gasteiger partial charge is 0.255 e. The van der Waals surface area contributed by atoms with Crippen LogP contribution in [-0.2, 0) is 0 Å². The summed E-state index contributed by atoms with van der Waals surface area (Å²) >= 11 is 0. The van der Waals surface area contributed by atoms with Crippen LogP contribution >= 0.6 is 0 Å². The van der Waals surface area contributed by atoms with Crippen molar-refractivity contribution in [1.82, 2.24) is 15.2 Å². The van der Waals surface area contributed by atoms with Crippen LogP contribution in [0.2, 0.25) is 0 Å². The number of carbonyl (C=O) groups is 1. The molecule has 0 aliphatic heterocycles. The van der Waals surface area contributed by atoms with E-state index in [1.54, 1.807) is 18.3 Å². The Morgan fingerprint density at radius 3 is 2.94 bits per heavy atom. The van der Waals surface area contributed by atoms with E-state index in [1.807, 2.05) is 14.1 Å². The van der Waals surface area contributed by atoms with Gasteiger partial charge in [0.25, 0.3) is 5.91 Å². The van der Waals surface area contributed by atoms with Gasteiger partial charge in [0.1, 0.15) is 0 Å². The summed E-state index contributed by atoms with van der Waals surface area (Å²) in [6.07, 6.45) is 2.49. The second-order valence-corrected chi connectivity index (χ2v) is 3.96. The first kappa shape index (κ1) is 13.4. The third kappa shape index (κ3) is 4.38. The minimum absolute atomic E-state index is 0.162. The summed E-state index contributed by atoms with van der Waals surface area (Å²) < 4.78 is 0. The number of pyridine rings is 1. The molecule has 0 aromatic carbocycles. The lowest BCUT2D eigenvalue weighted by Gasteiger charge is -2.11. The number of carbonyl (C=O) groups excluding carboxylic acids is 1. The number of nitrogens with one attached hydrogen (secondary N) is 2. The first-order chi connectivity index (χ1) is 8.15. The van der Waals surface area contributed by atoms with Gasteiger partial charge in [-0.1, -0.05) is 0 Å². The lowest BCUT2D eigenvalue weighted by atomic mass is 10.2. The van der Waals surface area contributed by atoms with Crippen molar-refractivity contribution in [3.05, 3.63) is 23.9 Å². The Bertz CT molecular complexity index is 367. The van der Waals surface area contributed by atoms with Crippen LogP contribution in [0, 0.1) is 0 Å². The first-order valence-electron chi connectivity index (χ1n) is 5.49. The standard InChI is InChI=1S/C11H19N5O/c1-16(2)8-4-7-14-11(17)9-5-3-6-13-10(9)15-12/h3,5-6H,4,7-8,12H2,1-2H3,(H,13,15)(H,14,17). The van der Waals surface area contributed by atoms with E-state index in [4.69, 9.17) is 5.84 Å². The van der Waals surface area contributed by atoms with Crippen LogP contribution in [0.5, 0.6) is 0 Å². The zero-order valence-electron chi connectivity index (χ0n) is 10.2. The van der Waals surface area contributed by atoms with Crippen LogP contribution in [0.25, 0.3) is 0 Å². The minimum atomic E-state index is -0.162. The van der Waals surface area contributed by atoms with Crippen molar-refractivity contribution in [2.24, 2.45) is 5.84 Å². The molecule has 0 aliphatic rings. The summed E-state index contributed by atoms with van der Waals surface area (Å²) in [6.45, 7) is 1.57. The molecule has 0 fully saturated rings. The number of aromatic nitrogens is 1. The Hall–Kier alpha value is -1.66. The van der Waals surface area contributed by atoms with Gasteiger partial charge in [-0.25, -0.2) is 10.8 Å². The monoisotopic (exact) mass is 237 g/mol. The van der Waals surface area contributed by atoms with E-state index in [9.17, 15) is 4.79 Å². The van der Waals surface area contributed by atoms with Crippen molar-refractivity contribution in [2.45, 2.75) is 6.42 Å². The zero-order chi connectivity index (χ0) is 12.7. The highest BCUT2D eigenvalue weighted by molar-refractivity contribution is 5.98. The van der Waals surface area contributed by atoms with Gasteiger partial charge in [0, 0.05) is 12.7 Å². The van der Waals surface area contributed by atoms with Crippen molar-refractivity contribution in [1.29, 1.82) is 0 Å². The lowest BCUT2D eigenvalue weighted by Crippen LogP contribution is -2.28. The Morgan fingerprint density at radius 2 is 2.29 bits per heavy atom. The minimum Gasteiger partial charge on any atom is -0.352 e. The Labute approximate surface area is 101 Å². The summed E-state index contributed by atoms with van der Waals surface area (Å²) in [5.41, 5.74) is 2.86. The van der Waals surface area contributed by atoms with Crippen LogP contribution in [0.15, 0.2) is 18.3 Å². The highest BCUT2D eigenvalue weighted by atomic mass is 16.1. The van der Waals surface area contributed by atoms with Gasteiger partial charge in [-0.05, 0) is 39.2 Å². The molecule has 1 aromatic rings. The summed E-state index contributed by atoms with van der Waals surface area (Å²) in [6, 6.07) is 3.39. The van der Waals surface area contributed by atoms with Gasteiger partial charge in [-0.3, -0.25) is 4.79 Å². The van der Waals surface area contributed by atoms with Crippen LogP contribution in [0.4, 0.5) is 5.82 Å². The molecule has 4 N–H and O–H groups in total. The van der Waals surface area contributed by atoms with Crippen LogP contribution in [0.1, 0.15) is 16.8 Å². The zero-order valence-corrected chi connectivity index (χ0v) is 10.2. The lowest BCUT2D eigenvalue weighted by molar-refractivity contribution is 0.0953. The molecular weight excluding hydrogens is 218 g/mol. The maximum atomic E-state index is 11.8. The summed E-state index contributed by atoms with van der Waals surface area (Å²) in [7, 11) is 4.00. The highest BCUT2D eigenvalue weighted by Gasteiger charge is 2.10. The number of amides is 1. The van der Waals surface area contributed by atoms with Crippen molar-refractivity contribution in [3.63, 3.8) is 0 Å². The largest absolute Gasteiger partial charge is 0.352 e. The average molecular weight is 237 g/mol. The van der Waals surface area contributed by atoms with E-state index in [0.717, 1.165) is 13.0 Å². The molecule has 0 bridgehead atoms. The number of nitrogen functional groups attached to an aromatic ring is 1. The first-order valence-corrected chi connectivity index (χ1v) is 5.49. The topological polar surface area (TPSA) is 83.3 Å². The Kier molecular flexibility index (Phi) is 5.38. The molecule has 0 aliphatic carbocycles. The van der Waals surface area contributed by atoms with Crippen LogP contribution in [0.3, 0.4) is 0 Å². The number of nitrogens with two attached hydrogens (primary N) is 1. The quantitative estimate of drug-likeness (QED) is 0.370. The summed E-state index contributed by atoms with van der Waals surface area (Å²) in [4.78, 5) is 17.9. The molecule has 0 radical (unpaired) electrons. The van der Waals surface area contributed by atoms with Gasteiger partial charge >= 0.3 is 0 Å². The normalized spacial score (nSPS) is 10.4. The Balaban J connectivity index is 2.47. The van der Waals surface area contributed by atoms with Crippen molar-refractivity contribution < 1.29 is 4.79 Å². The third-order valence-corrected chi connectivity index (χ3v) is 2.26. The SMILES string of the molecule is CN(C)CCCNC(=O)c1cccnc1NN. The van der Waals surface area contributed by atoms with Gasteiger partial charge < -0.3 is 15.6 Å². The van der Waals surface area contributed by atoms with Gasteiger partial charge in [0.2, 0.25) is 0 Å². The molecule has 94 valence electrons. The predicted molar refractivity (Wildman–Crippen MR) is 67.6 cm³/mol. The maximum absolute atomic E-state index is 11.8. The van der Waals surface area contributed by atoms with Crippen molar-refractivity contribution in [2.75, 3.05) is 32.6 Å². The van der Waals surface area contributed by atoms with Crippen LogP contribution < -0.4 is 16.6 Å². The molecule has 0 spiro atoms. The van der Waals surface area contributed by atoms with Crippen molar-refractivity contribution >= 4 is 11.7 Å². The van der Waals surface area contributed by atoms with Gasteiger partial charge in [0.15, 0.2) is 5.82 Å². The number of hydrazine groups is 1. The van der Waals surface area contributed by atoms with E-state index in [0.29, 0.717) is 17.9 Å². The highest BCUT2D eigenvalue weighted by Crippen LogP contribution is 2.09. The second-order valence-electron chi connectivity index (χ2n) is 3.96. The Morgan fingerprint density at radius 1 is 1.53 bits per heavy atom. The maximum Gasteiger partial charge on any atom is 0.255 e. The van der Waals surface area contributed by atoms with E-state index in [1.165, 1.54) is 0 Å². The van der Waals surface area contributed by atoms with Crippen LogP contribution in [-0.4, -0.2) is 43.0 Å². The molecule has 0 unspecified atom stereocenters. The number of hydrogen-bond donors (Lipinski definition) is 3. The predicted octanol–water partition coefficient (Wildman–Crippen LogP) is 0.0487. The molecule has 0 saturated carbocycles. The molecule has 1 heterocycles. The number of anilines is 1. The fourth-order valence-electron chi connectivity index (χ4n) is 1.40. The molecule has 1 aromatic heterocycles. The fourth-order valence-corrected chi connectivity index (χ4v) is 1.40. The molecule has 6 heteroatoms. The summed E-state index contributed by atoms with van der Waals surface area (Å²) in [5.74, 6) is 5.51. The average Bonchev–Trinajstić information content (AvgIpc) is 2.34. The molecular formula is C11H19N5O. The number of hydrogen-bond acceptors (Lipinski definition) is 5. The molecule has 1 amide bonds. The van der Waals surface area contributed by atoms with Crippen molar-refractivity contribution in [3.8, 4) is 0 Å². The second kappa shape index (κ2) is 6.82. The fraction of sp³-hybridized carbons (Fsp3) is 0.455. The summed E-state index contributed by atoms with van der Waals surface area (Å²) in [5, 5.41) is 2.83. The molecule has 0 atom stereocenters. The van der Waals surface area contributed by atoms with E-state index in [-0.39, 0.29) is 5.91 Å². The van der Waals surface area contributed by atoms with E-state index >= 15 is 0 Å². The van der Waals surface area contributed by atoms with E-state index in [2.05, 4.69) is 20.6 Å². The molecule has 6 nitrogen and oxygen atoms in total. The molecule has 1 rings (SSSR count). The molecule has 0 saturated heterocycles. The van der Waals surface area contributed by atoms with Gasteiger partial charge in [0.05, 0.1) is 5.56 Å². The van der Waals surface area contributed by atoms with Gasteiger partial charge in [-0.2, -0.15) is 0 Å².